The van der Waals surface area contributed by atoms with Crippen molar-refractivity contribution in [1.29, 1.82) is 0 Å². The van der Waals surface area contributed by atoms with Gasteiger partial charge in [0.05, 0.1) is 6.54 Å². The Morgan fingerprint density at radius 3 is 3.00 bits per heavy atom. The number of nitrogens with one attached hydrogen (secondary N) is 1. The molecule has 0 saturated carbocycles. The van der Waals surface area contributed by atoms with Gasteiger partial charge in [-0.1, -0.05) is 6.07 Å². The number of hydrogen-bond donors (Lipinski definition) is 1. The van der Waals surface area contributed by atoms with Gasteiger partial charge in [0.15, 0.2) is 11.5 Å². The molecular formula is C15H22N2O4. The Labute approximate surface area is 125 Å². The second-order valence-corrected chi connectivity index (χ2v) is 5.05. The van der Waals surface area contributed by atoms with Gasteiger partial charge in [-0.25, -0.2) is 0 Å². The molecule has 1 aliphatic rings. The summed E-state index contributed by atoms with van der Waals surface area (Å²) in [6.07, 6.45) is 0.919. The van der Waals surface area contributed by atoms with Crippen molar-refractivity contribution < 1.29 is 19.0 Å². The molecule has 0 atom stereocenters. The maximum absolute atomic E-state index is 11.9. The minimum Gasteiger partial charge on any atom is -0.454 e. The van der Waals surface area contributed by atoms with Crippen LogP contribution < -0.4 is 14.8 Å². The van der Waals surface area contributed by atoms with Gasteiger partial charge in [0.25, 0.3) is 0 Å². The molecule has 6 nitrogen and oxygen atoms in total. The summed E-state index contributed by atoms with van der Waals surface area (Å²) in [6, 6.07) is 5.68. The predicted molar refractivity (Wildman–Crippen MR) is 78.4 cm³/mol. The summed E-state index contributed by atoms with van der Waals surface area (Å²) in [5.41, 5.74) is 0.995. The largest absolute Gasteiger partial charge is 0.454 e. The zero-order valence-electron chi connectivity index (χ0n) is 12.6. The van der Waals surface area contributed by atoms with E-state index in [0.717, 1.165) is 30.0 Å². The van der Waals surface area contributed by atoms with Gasteiger partial charge in [-0.2, -0.15) is 0 Å². The Kier molecular flexibility index (Phi) is 5.83. The topological polar surface area (TPSA) is 60.0 Å². The highest BCUT2D eigenvalue weighted by molar-refractivity contribution is 5.78. The summed E-state index contributed by atoms with van der Waals surface area (Å²) in [6.45, 7) is 2.68. The highest BCUT2D eigenvalue weighted by Gasteiger charge is 2.13. The van der Waals surface area contributed by atoms with Crippen LogP contribution in [0.25, 0.3) is 0 Å². The van der Waals surface area contributed by atoms with Crippen molar-refractivity contribution >= 4 is 5.91 Å². The molecule has 0 aromatic heterocycles. The molecule has 1 aromatic rings. The number of nitrogens with zero attached hydrogens (tertiary/aromatic N) is 1. The first-order chi connectivity index (χ1) is 10.2. The maximum Gasteiger partial charge on any atom is 0.234 e. The zero-order chi connectivity index (χ0) is 15.1. The molecule has 2 rings (SSSR count). The van der Waals surface area contributed by atoms with Crippen LogP contribution in [-0.4, -0.2) is 51.5 Å². The number of rotatable bonds is 8. The maximum atomic E-state index is 11.9. The van der Waals surface area contributed by atoms with E-state index >= 15 is 0 Å². The lowest BCUT2D eigenvalue weighted by Gasteiger charge is -2.16. The van der Waals surface area contributed by atoms with Gasteiger partial charge >= 0.3 is 0 Å². The van der Waals surface area contributed by atoms with Crippen molar-refractivity contribution in [2.75, 3.05) is 40.6 Å². The quantitative estimate of drug-likeness (QED) is 0.725. The van der Waals surface area contributed by atoms with Crippen molar-refractivity contribution in [3.05, 3.63) is 23.8 Å². The molecule has 1 heterocycles. The van der Waals surface area contributed by atoms with Gasteiger partial charge in [-0.3, -0.25) is 9.69 Å². The Morgan fingerprint density at radius 2 is 2.19 bits per heavy atom. The van der Waals surface area contributed by atoms with E-state index < -0.39 is 0 Å². The fourth-order valence-electron chi connectivity index (χ4n) is 2.11. The third kappa shape index (κ3) is 4.91. The molecule has 0 fully saturated rings. The SMILES string of the molecule is COCCCN(C)CC(=O)NCc1ccc2c(c1)OCO2. The fourth-order valence-corrected chi connectivity index (χ4v) is 2.11. The summed E-state index contributed by atoms with van der Waals surface area (Å²) in [4.78, 5) is 13.8. The van der Waals surface area contributed by atoms with Crippen molar-refractivity contribution in [2.24, 2.45) is 0 Å². The van der Waals surface area contributed by atoms with E-state index in [4.69, 9.17) is 14.2 Å². The van der Waals surface area contributed by atoms with Crippen LogP contribution in [0.4, 0.5) is 0 Å². The number of hydrogen-bond acceptors (Lipinski definition) is 5. The van der Waals surface area contributed by atoms with Crippen LogP contribution in [0.5, 0.6) is 11.5 Å². The standard InChI is InChI=1S/C15H22N2O4/c1-17(6-3-7-19-2)10-15(18)16-9-12-4-5-13-14(8-12)21-11-20-13/h4-5,8H,3,6-7,9-11H2,1-2H3,(H,16,18). The third-order valence-corrected chi connectivity index (χ3v) is 3.23. The summed E-state index contributed by atoms with van der Waals surface area (Å²) in [7, 11) is 3.61. The first-order valence-corrected chi connectivity index (χ1v) is 7.02. The normalized spacial score (nSPS) is 12.7. The fraction of sp³-hybridized carbons (Fsp3) is 0.533. The lowest BCUT2D eigenvalue weighted by Crippen LogP contribution is -2.35. The van der Waals surface area contributed by atoms with Gasteiger partial charge in [0, 0.05) is 26.8 Å². The Bertz CT molecular complexity index is 479. The van der Waals surface area contributed by atoms with E-state index in [1.165, 1.54) is 0 Å². The van der Waals surface area contributed by atoms with Crippen LogP contribution in [0.1, 0.15) is 12.0 Å². The molecule has 0 bridgehead atoms. The number of amides is 1. The van der Waals surface area contributed by atoms with Gasteiger partial charge in [-0.05, 0) is 31.2 Å². The molecule has 1 N–H and O–H groups in total. The average Bonchev–Trinajstić information content (AvgIpc) is 2.93. The zero-order valence-corrected chi connectivity index (χ0v) is 12.6. The number of ether oxygens (including phenoxy) is 3. The number of benzene rings is 1. The van der Waals surface area contributed by atoms with Crippen LogP contribution in [-0.2, 0) is 16.1 Å². The number of methoxy groups -OCH3 is 1. The molecule has 1 amide bonds. The van der Waals surface area contributed by atoms with E-state index in [1.807, 2.05) is 30.1 Å². The monoisotopic (exact) mass is 294 g/mol. The van der Waals surface area contributed by atoms with Gasteiger partial charge < -0.3 is 19.5 Å². The summed E-state index contributed by atoms with van der Waals surface area (Å²) >= 11 is 0. The van der Waals surface area contributed by atoms with Crippen molar-refractivity contribution in [2.45, 2.75) is 13.0 Å². The van der Waals surface area contributed by atoms with Crippen molar-refractivity contribution in [3.8, 4) is 11.5 Å². The Morgan fingerprint density at radius 1 is 1.38 bits per heavy atom. The molecule has 0 spiro atoms. The Hall–Kier alpha value is -1.79. The number of carbonyl (C=O) groups excluding carboxylic acids is 1. The van der Waals surface area contributed by atoms with Gasteiger partial charge in [0.2, 0.25) is 12.7 Å². The van der Waals surface area contributed by atoms with Crippen molar-refractivity contribution in [1.82, 2.24) is 10.2 Å². The predicted octanol–water partition coefficient (Wildman–Crippen LogP) is 1.000. The van der Waals surface area contributed by atoms with E-state index in [0.29, 0.717) is 19.7 Å². The molecule has 1 aliphatic heterocycles. The minimum atomic E-state index is 0.00702. The van der Waals surface area contributed by atoms with Gasteiger partial charge in [0.1, 0.15) is 0 Å². The summed E-state index contributed by atoms with van der Waals surface area (Å²) in [5, 5.41) is 2.90. The number of carbonyl (C=O) groups is 1. The average molecular weight is 294 g/mol. The lowest BCUT2D eigenvalue weighted by atomic mass is 10.2. The van der Waals surface area contributed by atoms with Crippen LogP contribution in [0.15, 0.2) is 18.2 Å². The summed E-state index contributed by atoms with van der Waals surface area (Å²) < 4.78 is 15.6. The van der Waals surface area contributed by atoms with E-state index in [-0.39, 0.29) is 12.7 Å². The minimum absolute atomic E-state index is 0.00702. The van der Waals surface area contributed by atoms with E-state index in [1.54, 1.807) is 7.11 Å². The number of likely N-dealkylation sites (N-methyl/N-ethyl adjacent to an activating group) is 1. The lowest BCUT2D eigenvalue weighted by molar-refractivity contribution is -0.122. The third-order valence-electron chi connectivity index (χ3n) is 3.23. The Balaban J connectivity index is 1.71. The molecule has 1 aromatic carbocycles. The molecule has 0 aliphatic carbocycles. The summed E-state index contributed by atoms with van der Waals surface area (Å²) in [5.74, 6) is 1.49. The molecular weight excluding hydrogens is 272 g/mol. The van der Waals surface area contributed by atoms with Crippen LogP contribution >= 0.6 is 0 Å². The molecule has 0 radical (unpaired) electrons. The first-order valence-electron chi connectivity index (χ1n) is 7.02. The second-order valence-electron chi connectivity index (χ2n) is 5.05. The molecule has 21 heavy (non-hydrogen) atoms. The smallest absolute Gasteiger partial charge is 0.234 e. The first kappa shape index (κ1) is 15.6. The van der Waals surface area contributed by atoms with Crippen LogP contribution in [0, 0.1) is 0 Å². The van der Waals surface area contributed by atoms with E-state index in [9.17, 15) is 4.79 Å². The van der Waals surface area contributed by atoms with Crippen LogP contribution in [0.3, 0.4) is 0 Å². The van der Waals surface area contributed by atoms with Gasteiger partial charge in [-0.15, -0.1) is 0 Å². The van der Waals surface area contributed by atoms with E-state index in [2.05, 4.69) is 5.32 Å². The van der Waals surface area contributed by atoms with Crippen LogP contribution in [0.2, 0.25) is 0 Å². The molecule has 0 unspecified atom stereocenters. The second kappa shape index (κ2) is 7.85. The number of fused-ring (bicyclic) bond motifs is 1. The van der Waals surface area contributed by atoms with Crippen molar-refractivity contribution in [3.63, 3.8) is 0 Å². The highest BCUT2D eigenvalue weighted by Crippen LogP contribution is 2.32. The highest BCUT2D eigenvalue weighted by atomic mass is 16.7. The molecule has 116 valence electrons. The molecule has 6 heteroatoms. The molecule has 0 saturated heterocycles.